The number of rotatable bonds is 4. The van der Waals surface area contributed by atoms with Gasteiger partial charge in [0.2, 0.25) is 5.91 Å². The third-order valence-electron chi connectivity index (χ3n) is 4.30. The second kappa shape index (κ2) is 3.78. The summed E-state index contributed by atoms with van der Waals surface area (Å²) in [5.41, 5.74) is 6.16. The Morgan fingerprint density at radius 3 is 2.13 bits per heavy atom. The van der Waals surface area contributed by atoms with Gasteiger partial charge in [-0.15, -0.1) is 0 Å². The number of nitrogens with two attached hydrogens (primary N) is 1. The Hall–Kier alpha value is -0.570. The number of hydrogen-bond donors (Lipinski definition) is 2. The van der Waals surface area contributed by atoms with Gasteiger partial charge in [0, 0.05) is 18.5 Å². The molecule has 0 spiro atoms. The van der Waals surface area contributed by atoms with Crippen molar-refractivity contribution in [3.8, 4) is 0 Å². The standard InChI is InChI=1S/C12H24N2O/c1-6-8(13)7-9(15)14-10-11(2,3)12(10,4)5/h8,10H,6-7,13H2,1-5H3,(H,14,15). The van der Waals surface area contributed by atoms with Crippen LogP contribution in [-0.2, 0) is 4.79 Å². The highest BCUT2D eigenvalue weighted by molar-refractivity contribution is 5.77. The number of hydrogen-bond acceptors (Lipinski definition) is 2. The summed E-state index contributed by atoms with van der Waals surface area (Å²) in [6.07, 6.45) is 1.30. The second-order valence-electron chi connectivity index (χ2n) is 5.82. The molecule has 1 unspecified atom stereocenters. The SMILES string of the molecule is CCC(N)CC(=O)NC1C(C)(C)C1(C)C. The monoisotopic (exact) mass is 212 g/mol. The molecule has 1 aliphatic rings. The molecule has 15 heavy (non-hydrogen) atoms. The Morgan fingerprint density at radius 2 is 1.80 bits per heavy atom. The molecule has 0 aromatic heterocycles. The van der Waals surface area contributed by atoms with E-state index in [0.717, 1.165) is 6.42 Å². The molecule has 0 heterocycles. The van der Waals surface area contributed by atoms with Crippen molar-refractivity contribution in [2.75, 3.05) is 0 Å². The van der Waals surface area contributed by atoms with Crippen LogP contribution in [0.5, 0.6) is 0 Å². The van der Waals surface area contributed by atoms with Crippen LogP contribution in [0, 0.1) is 10.8 Å². The summed E-state index contributed by atoms with van der Waals surface area (Å²) in [4.78, 5) is 11.6. The lowest BCUT2D eigenvalue weighted by Crippen LogP contribution is -2.34. The van der Waals surface area contributed by atoms with E-state index in [4.69, 9.17) is 5.73 Å². The molecule has 0 aromatic rings. The smallest absolute Gasteiger partial charge is 0.221 e. The minimum atomic E-state index is -0.00465. The summed E-state index contributed by atoms with van der Waals surface area (Å²) in [6, 6.07) is 0.288. The highest BCUT2D eigenvalue weighted by Gasteiger charge is 2.65. The van der Waals surface area contributed by atoms with E-state index in [2.05, 4.69) is 33.0 Å². The molecule has 1 amide bonds. The Balaban J connectivity index is 2.42. The summed E-state index contributed by atoms with van der Waals surface area (Å²) in [6.45, 7) is 10.8. The molecule has 0 radical (unpaired) electrons. The zero-order valence-corrected chi connectivity index (χ0v) is 10.6. The predicted octanol–water partition coefficient (Wildman–Crippen LogP) is 1.66. The molecule has 1 rings (SSSR count). The maximum absolute atomic E-state index is 11.6. The van der Waals surface area contributed by atoms with Crippen LogP contribution in [0.1, 0.15) is 47.5 Å². The first-order valence-electron chi connectivity index (χ1n) is 5.78. The van der Waals surface area contributed by atoms with Crippen molar-refractivity contribution in [1.29, 1.82) is 0 Å². The molecule has 88 valence electrons. The van der Waals surface area contributed by atoms with E-state index in [1.807, 2.05) is 6.92 Å². The molecule has 3 N–H and O–H groups in total. The Bertz CT molecular complexity index is 244. The van der Waals surface area contributed by atoms with Crippen molar-refractivity contribution >= 4 is 5.91 Å². The molecule has 3 nitrogen and oxygen atoms in total. The molecule has 0 bridgehead atoms. The zero-order chi connectivity index (χ0) is 11.9. The van der Waals surface area contributed by atoms with Crippen LogP contribution >= 0.6 is 0 Å². The van der Waals surface area contributed by atoms with Crippen LogP contribution in [0.3, 0.4) is 0 Å². The first-order valence-corrected chi connectivity index (χ1v) is 5.78. The fraction of sp³-hybridized carbons (Fsp3) is 0.917. The van der Waals surface area contributed by atoms with E-state index in [9.17, 15) is 4.79 Å². The van der Waals surface area contributed by atoms with E-state index in [1.54, 1.807) is 0 Å². The van der Waals surface area contributed by atoms with Crippen molar-refractivity contribution in [2.45, 2.75) is 59.5 Å². The number of amides is 1. The van der Waals surface area contributed by atoms with E-state index < -0.39 is 0 Å². The topological polar surface area (TPSA) is 55.1 Å². The average Bonchev–Trinajstić information content (AvgIpc) is 2.48. The highest BCUT2D eigenvalue weighted by atomic mass is 16.1. The highest BCUT2D eigenvalue weighted by Crippen LogP contribution is 2.62. The molecule has 0 aromatic carbocycles. The van der Waals surface area contributed by atoms with Gasteiger partial charge in [0.05, 0.1) is 0 Å². The van der Waals surface area contributed by atoms with Gasteiger partial charge in [-0.05, 0) is 17.3 Å². The maximum atomic E-state index is 11.6. The van der Waals surface area contributed by atoms with Crippen molar-refractivity contribution in [1.82, 2.24) is 5.32 Å². The Morgan fingerprint density at radius 1 is 1.33 bits per heavy atom. The van der Waals surface area contributed by atoms with E-state index in [1.165, 1.54) is 0 Å². The summed E-state index contributed by atoms with van der Waals surface area (Å²) >= 11 is 0. The van der Waals surface area contributed by atoms with Crippen LogP contribution in [0.4, 0.5) is 0 Å². The molecular weight excluding hydrogens is 188 g/mol. The van der Waals surface area contributed by atoms with Crippen LogP contribution in [0.15, 0.2) is 0 Å². The van der Waals surface area contributed by atoms with Crippen LogP contribution in [0.25, 0.3) is 0 Å². The van der Waals surface area contributed by atoms with Crippen LogP contribution in [0.2, 0.25) is 0 Å². The number of carbonyl (C=O) groups excluding carboxylic acids is 1. The van der Waals surface area contributed by atoms with Crippen LogP contribution < -0.4 is 11.1 Å². The van der Waals surface area contributed by atoms with Crippen LogP contribution in [-0.4, -0.2) is 18.0 Å². The second-order valence-corrected chi connectivity index (χ2v) is 5.82. The molecular formula is C12H24N2O. The maximum Gasteiger partial charge on any atom is 0.221 e. The Labute approximate surface area is 92.8 Å². The van der Waals surface area contributed by atoms with Gasteiger partial charge in [-0.2, -0.15) is 0 Å². The quantitative estimate of drug-likeness (QED) is 0.744. The summed E-state index contributed by atoms with van der Waals surface area (Å²) in [5, 5.41) is 3.08. The summed E-state index contributed by atoms with van der Waals surface area (Å²) in [7, 11) is 0. The van der Waals surface area contributed by atoms with E-state index in [-0.39, 0.29) is 22.8 Å². The number of carbonyl (C=O) groups is 1. The third-order valence-corrected chi connectivity index (χ3v) is 4.30. The summed E-state index contributed by atoms with van der Waals surface area (Å²) in [5.74, 6) is 0.0907. The third kappa shape index (κ3) is 2.17. The molecule has 3 heteroatoms. The fourth-order valence-electron chi connectivity index (χ4n) is 2.16. The van der Waals surface area contributed by atoms with Gasteiger partial charge < -0.3 is 11.1 Å². The van der Waals surface area contributed by atoms with Gasteiger partial charge in [-0.3, -0.25) is 4.79 Å². The van der Waals surface area contributed by atoms with Gasteiger partial charge in [-0.1, -0.05) is 34.6 Å². The van der Waals surface area contributed by atoms with Crippen molar-refractivity contribution in [3.05, 3.63) is 0 Å². The average molecular weight is 212 g/mol. The van der Waals surface area contributed by atoms with Gasteiger partial charge in [0.1, 0.15) is 0 Å². The Kier molecular flexibility index (Phi) is 3.15. The first-order chi connectivity index (χ1) is 6.73. The molecule has 1 fully saturated rings. The zero-order valence-electron chi connectivity index (χ0n) is 10.6. The van der Waals surface area contributed by atoms with E-state index >= 15 is 0 Å². The fourth-order valence-corrected chi connectivity index (χ4v) is 2.16. The van der Waals surface area contributed by atoms with Crippen molar-refractivity contribution in [3.63, 3.8) is 0 Å². The molecule has 1 aliphatic carbocycles. The van der Waals surface area contributed by atoms with Gasteiger partial charge >= 0.3 is 0 Å². The van der Waals surface area contributed by atoms with Gasteiger partial charge in [-0.25, -0.2) is 0 Å². The lowest BCUT2D eigenvalue weighted by molar-refractivity contribution is -0.121. The molecule has 1 saturated carbocycles. The normalized spacial score (nSPS) is 24.7. The van der Waals surface area contributed by atoms with Gasteiger partial charge in [0.15, 0.2) is 0 Å². The van der Waals surface area contributed by atoms with E-state index in [0.29, 0.717) is 12.5 Å². The summed E-state index contributed by atoms with van der Waals surface area (Å²) < 4.78 is 0. The van der Waals surface area contributed by atoms with Gasteiger partial charge in [0.25, 0.3) is 0 Å². The molecule has 0 saturated heterocycles. The number of nitrogens with one attached hydrogen (secondary N) is 1. The minimum Gasteiger partial charge on any atom is -0.352 e. The molecule has 0 aliphatic heterocycles. The minimum absolute atomic E-state index is 0.00465. The van der Waals surface area contributed by atoms with Crippen molar-refractivity contribution in [2.24, 2.45) is 16.6 Å². The first kappa shape index (κ1) is 12.5. The largest absolute Gasteiger partial charge is 0.352 e. The lowest BCUT2D eigenvalue weighted by atomic mass is 10.0. The lowest BCUT2D eigenvalue weighted by Gasteiger charge is -2.10. The predicted molar refractivity (Wildman–Crippen MR) is 62.4 cm³/mol. The molecule has 1 atom stereocenters. The van der Waals surface area contributed by atoms with Crippen molar-refractivity contribution < 1.29 is 4.79 Å².